The van der Waals surface area contributed by atoms with E-state index in [1.165, 1.54) is 0 Å². The van der Waals surface area contributed by atoms with Crippen molar-refractivity contribution >= 4 is 17.5 Å². The van der Waals surface area contributed by atoms with Crippen LogP contribution in [-0.2, 0) is 6.18 Å². The fourth-order valence-corrected chi connectivity index (χ4v) is 3.16. The van der Waals surface area contributed by atoms with Gasteiger partial charge in [0.15, 0.2) is 0 Å². The van der Waals surface area contributed by atoms with Gasteiger partial charge in [-0.1, -0.05) is 38.3 Å². The number of nitrogens with zero attached hydrogens (tertiary/aromatic N) is 1. The minimum Gasteiger partial charge on any atom is -0.349 e. The fraction of sp³-hybridized carbons (Fsp3) is 0.600. The molecule has 22 heavy (non-hydrogen) atoms. The van der Waals surface area contributed by atoms with E-state index in [0.717, 1.165) is 31.5 Å². The standard InChI is InChI=1S/C15H18ClF3N2O/c1-8-4-3-5-11(9(8)2)21-14(22)12-10(15(17,18)19)6-7-20-13(12)16/h6-9,11H,3-5H2,1-2H3,(H,21,22)/t8-,9+,11+/m1/s1. The van der Waals surface area contributed by atoms with Gasteiger partial charge >= 0.3 is 6.18 Å². The summed E-state index contributed by atoms with van der Waals surface area (Å²) in [6, 6.07) is 0.627. The van der Waals surface area contributed by atoms with Gasteiger partial charge in [0.05, 0.1) is 11.1 Å². The monoisotopic (exact) mass is 334 g/mol. The summed E-state index contributed by atoms with van der Waals surface area (Å²) >= 11 is 5.74. The lowest BCUT2D eigenvalue weighted by atomic mass is 9.78. The van der Waals surface area contributed by atoms with Crippen LogP contribution in [0.2, 0.25) is 5.15 Å². The van der Waals surface area contributed by atoms with Gasteiger partial charge < -0.3 is 5.32 Å². The van der Waals surface area contributed by atoms with Gasteiger partial charge in [0, 0.05) is 12.2 Å². The van der Waals surface area contributed by atoms with Gasteiger partial charge in [0.25, 0.3) is 5.91 Å². The molecule has 0 radical (unpaired) electrons. The normalized spacial score (nSPS) is 25.8. The molecule has 1 heterocycles. The Kier molecular flexibility index (Phi) is 5.00. The first-order chi connectivity index (χ1) is 10.2. The molecule has 2 rings (SSSR count). The number of hydrogen-bond donors (Lipinski definition) is 1. The molecule has 1 aromatic rings. The minimum absolute atomic E-state index is 0.145. The third-order valence-corrected chi connectivity index (χ3v) is 4.75. The topological polar surface area (TPSA) is 42.0 Å². The molecular weight excluding hydrogens is 317 g/mol. The molecule has 3 atom stereocenters. The summed E-state index contributed by atoms with van der Waals surface area (Å²) in [5.41, 5.74) is -1.65. The first kappa shape index (κ1) is 17.1. The maximum atomic E-state index is 13.0. The fourth-order valence-electron chi connectivity index (χ4n) is 2.91. The van der Waals surface area contributed by atoms with Gasteiger partial charge in [-0.15, -0.1) is 0 Å². The number of carbonyl (C=O) groups is 1. The molecule has 0 saturated heterocycles. The molecule has 122 valence electrons. The molecule has 1 aliphatic rings. The number of hydrogen-bond acceptors (Lipinski definition) is 2. The Bertz CT molecular complexity index is 562. The van der Waals surface area contributed by atoms with E-state index in [9.17, 15) is 18.0 Å². The predicted molar refractivity (Wildman–Crippen MR) is 77.7 cm³/mol. The van der Waals surface area contributed by atoms with Gasteiger partial charge in [-0.3, -0.25) is 4.79 Å². The van der Waals surface area contributed by atoms with E-state index >= 15 is 0 Å². The Hall–Kier alpha value is -1.30. The smallest absolute Gasteiger partial charge is 0.349 e. The van der Waals surface area contributed by atoms with Crippen molar-refractivity contribution < 1.29 is 18.0 Å². The maximum absolute atomic E-state index is 13.0. The zero-order chi connectivity index (χ0) is 16.5. The zero-order valence-corrected chi connectivity index (χ0v) is 13.1. The Labute approximate surface area is 132 Å². The number of rotatable bonds is 2. The van der Waals surface area contributed by atoms with Gasteiger partial charge in [-0.2, -0.15) is 13.2 Å². The number of halogens is 4. The molecular formula is C15H18ClF3N2O. The lowest BCUT2D eigenvalue weighted by Gasteiger charge is -2.34. The van der Waals surface area contributed by atoms with Crippen LogP contribution in [0.5, 0.6) is 0 Å². The van der Waals surface area contributed by atoms with Crippen LogP contribution in [-0.4, -0.2) is 16.9 Å². The van der Waals surface area contributed by atoms with E-state index in [0.29, 0.717) is 5.92 Å². The molecule has 3 nitrogen and oxygen atoms in total. The van der Waals surface area contributed by atoms with Crippen LogP contribution in [0.25, 0.3) is 0 Å². The highest BCUT2D eigenvalue weighted by Gasteiger charge is 2.38. The van der Waals surface area contributed by atoms with E-state index in [1.807, 2.05) is 6.92 Å². The van der Waals surface area contributed by atoms with E-state index in [-0.39, 0.29) is 12.0 Å². The van der Waals surface area contributed by atoms with Crippen molar-refractivity contribution in [3.63, 3.8) is 0 Å². The summed E-state index contributed by atoms with van der Waals surface area (Å²) in [6.45, 7) is 4.09. The van der Waals surface area contributed by atoms with Crippen LogP contribution in [0, 0.1) is 11.8 Å². The average molecular weight is 335 g/mol. The largest absolute Gasteiger partial charge is 0.417 e. The third-order valence-electron chi connectivity index (χ3n) is 4.46. The van der Waals surface area contributed by atoms with Crippen molar-refractivity contribution in [1.29, 1.82) is 0 Å². The Morgan fingerprint density at radius 3 is 2.68 bits per heavy atom. The highest BCUT2D eigenvalue weighted by molar-refractivity contribution is 6.32. The molecule has 1 amide bonds. The van der Waals surface area contributed by atoms with E-state index in [4.69, 9.17) is 11.6 Å². The number of aromatic nitrogens is 1. The quantitative estimate of drug-likeness (QED) is 0.819. The lowest BCUT2D eigenvalue weighted by Crippen LogP contribution is -2.44. The minimum atomic E-state index is -4.65. The molecule has 7 heteroatoms. The van der Waals surface area contributed by atoms with E-state index < -0.39 is 28.4 Å². The highest BCUT2D eigenvalue weighted by atomic mass is 35.5. The molecule has 0 bridgehead atoms. The van der Waals surface area contributed by atoms with Crippen LogP contribution < -0.4 is 5.32 Å². The third kappa shape index (κ3) is 3.54. The zero-order valence-electron chi connectivity index (χ0n) is 12.4. The number of alkyl halides is 3. The van der Waals surface area contributed by atoms with Crippen LogP contribution in [0.3, 0.4) is 0 Å². The van der Waals surface area contributed by atoms with Crippen LogP contribution in [0.1, 0.15) is 49.0 Å². The van der Waals surface area contributed by atoms with Gasteiger partial charge in [0.2, 0.25) is 0 Å². The Morgan fingerprint density at radius 2 is 2.05 bits per heavy atom. The van der Waals surface area contributed by atoms with Crippen molar-refractivity contribution in [1.82, 2.24) is 10.3 Å². The molecule has 1 saturated carbocycles. The van der Waals surface area contributed by atoms with Gasteiger partial charge in [0.1, 0.15) is 5.15 Å². The number of carbonyl (C=O) groups excluding carboxylic acids is 1. The average Bonchev–Trinajstić information content (AvgIpc) is 2.42. The van der Waals surface area contributed by atoms with Crippen molar-refractivity contribution in [2.75, 3.05) is 0 Å². The molecule has 0 unspecified atom stereocenters. The second kappa shape index (κ2) is 6.44. The lowest BCUT2D eigenvalue weighted by molar-refractivity contribution is -0.138. The Morgan fingerprint density at radius 1 is 1.36 bits per heavy atom. The Balaban J connectivity index is 2.27. The number of nitrogens with one attached hydrogen (secondary N) is 1. The van der Waals surface area contributed by atoms with Crippen LogP contribution in [0.4, 0.5) is 13.2 Å². The van der Waals surface area contributed by atoms with Crippen LogP contribution in [0.15, 0.2) is 12.3 Å². The molecule has 0 aliphatic heterocycles. The van der Waals surface area contributed by atoms with Crippen LogP contribution >= 0.6 is 11.6 Å². The molecule has 1 N–H and O–H groups in total. The summed E-state index contributed by atoms with van der Waals surface area (Å²) in [5, 5.41) is 2.28. The maximum Gasteiger partial charge on any atom is 0.417 e. The number of pyridine rings is 1. The predicted octanol–water partition coefficient (Wildman–Crippen LogP) is 4.31. The second-order valence-corrected chi connectivity index (χ2v) is 6.23. The molecule has 1 aliphatic carbocycles. The number of amides is 1. The summed E-state index contributed by atoms with van der Waals surface area (Å²) in [4.78, 5) is 15.9. The second-order valence-electron chi connectivity index (χ2n) is 5.87. The summed E-state index contributed by atoms with van der Waals surface area (Å²) in [7, 11) is 0. The molecule has 1 aromatic heterocycles. The van der Waals surface area contributed by atoms with Crippen molar-refractivity contribution in [3.8, 4) is 0 Å². The summed E-state index contributed by atoms with van der Waals surface area (Å²) < 4.78 is 39.1. The molecule has 1 fully saturated rings. The van der Waals surface area contributed by atoms with Crippen molar-refractivity contribution in [3.05, 3.63) is 28.5 Å². The first-order valence-corrected chi connectivity index (χ1v) is 7.62. The van der Waals surface area contributed by atoms with Crippen molar-refractivity contribution in [2.24, 2.45) is 11.8 Å². The first-order valence-electron chi connectivity index (χ1n) is 7.24. The van der Waals surface area contributed by atoms with E-state index in [1.54, 1.807) is 0 Å². The van der Waals surface area contributed by atoms with Gasteiger partial charge in [-0.25, -0.2) is 4.98 Å². The van der Waals surface area contributed by atoms with E-state index in [2.05, 4.69) is 17.2 Å². The molecule has 0 spiro atoms. The van der Waals surface area contributed by atoms with Gasteiger partial charge in [-0.05, 0) is 24.3 Å². The van der Waals surface area contributed by atoms with Crippen molar-refractivity contribution in [2.45, 2.75) is 45.3 Å². The molecule has 0 aromatic carbocycles. The SMILES string of the molecule is C[C@H]1[C@H](C)CCC[C@@H]1NC(=O)c1c(C(F)(F)F)ccnc1Cl. The highest BCUT2D eigenvalue weighted by Crippen LogP contribution is 2.35. The summed E-state index contributed by atoms with van der Waals surface area (Å²) in [6.07, 6.45) is -0.924. The summed E-state index contributed by atoms with van der Waals surface area (Å²) in [5.74, 6) is -0.177.